The van der Waals surface area contributed by atoms with E-state index in [9.17, 15) is 0 Å². The van der Waals surface area contributed by atoms with Crippen LogP contribution in [-0.4, -0.2) is 25.3 Å². The summed E-state index contributed by atoms with van der Waals surface area (Å²) in [6.45, 7) is 5.68. The Bertz CT molecular complexity index is 241. The highest BCUT2D eigenvalue weighted by Gasteiger charge is 2.29. The van der Waals surface area contributed by atoms with Gasteiger partial charge in [0.25, 0.3) is 0 Å². The van der Waals surface area contributed by atoms with Crippen molar-refractivity contribution in [2.45, 2.75) is 76.9 Å². The molecule has 2 heteroatoms. The summed E-state index contributed by atoms with van der Waals surface area (Å²) in [5.74, 6) is 1.85. The van der Waals surface area contributed by atoms with Crippen molar-refractivity contribution >= 4 is 0 Å². The minimum Gasteiger partial charge on any atom is -0.379 e. The summed E-state index contributed by atoms with van der Waals surface area (Å²) in [6, 6.07) is 0.851. The smallest absolute Gasteiger partial charge is 0.0622 e. The molecule has 2 aliphatic carbocycles. The summed E-state index contributed by atoms with van der Waals surface area (Å²) < 4.78 is 5.57. The van der Waals surface area contributed by atoms with Gasteiger partial charge in [-0.15, -0.1) is 0 Å². The molecule has 2 nitrogen and oxygen atoms in total. The summed E-state index contributed by atoms with van der Waals surface area (Å²) in [7, 11) is 1.84. The third kappa shape index (κ3) is 4.55. The fraction of sp³-hybridized carbons (Fsp3) is 1.00. The van der Waals surface area contributed by atoms with Crippen LogP contribution in [-0.2, 0) is 4.74 Å². The SMILES string of the molecule is COC(C)(C)CCC(CNC1CC1)C1CCCC1. The zero-order valence-electron chi connectivity index (χ0n) is 12.5. The molecule has 18 heavy (non-hydrogen) atoms. The lowest BCUT2D eigenvalue weighted by atomic mass is 9.84. The fourth-order valence-electron chi connectivity index (χ4n) is 3.17. The van der Waals surface area contributed by atoms with Gasteiger partial charge in [0.1, 0.15) is 0 Å². The summed E-state index contributed by atoms with van der Waals surface area (Å²) in [5.41, 5.74) is 0.0520. The average molecular weight is 253 g/mol. The lowest BCUT2D eigenvalue weighted by Crippen LogP contribution is -2.31. The third-order valence-corrected chi connectivity index (χ3v) is 4.98. The Kier molecular flexibility index (Phi) is 5.08. The summed E-state index contributed by atoms with van der Waals surface area (Å²) in [4.78, 5) is 0. The molecule has 0 saturated heterocycles. The lowest BCUT2D eigenvalue weighted by Gasteiger charge is -2.29. The highest BCUT2D eigenvalue weighted by Crippen LogP contribution is 2.35. The summed E-state index contributed by atoms with van der Waals surface area (Å²) in [6.07, 6.45) is 11.2. The van der Waals surface area contributed by atoms with Crippen LogP contribution < -0.4 is 5.32 Å². The van der Waals surface area contributed by atoms with Crippen LogP contribution in [0.1, 0.15) is 65.2 Å². The minimum atomic E-state index is 0.0520. The number of methoxy groups -OCH3 is 1. The van der Waals surface area contributed by atoms with Gasteiger partial charge >= 0.3 is 0 Å². The maximum absolute atomic E-state index is 5.57. The van der Waals surface area contributed by atoms with E-state index in [0.717, 1.165) is 17.9 Å². The molecule has 2 aliphatic rings. The van der Waals surface area contributed by atoms with Gasteiger partial charge in [0.2, 0.25) is 0 Å². The highest BCUT2D eigenvalue weighted by atomic mass is 16.5. The number of rotatable bonds is 8. The fourth-order valence-corrected chi connectivity index (χ4v) is 3.17. The first-order valence-electron chi connectivity index (χ1n) is 7.89. The molecule has 0 radical (unpaired) electrons. The number of hydrogen-bond acceptors (Lipinski definition) is 2. The molecule has 1 N–H and O–H groups in total. The standard InChI is InChI=1S/C16H31NO/c1-16(2,18-3)11-10-14(12-17-15-8-9-15)13-6-4-5-7-13/h13-15,17H,4-12H2,1-3H3. The molecule has 0 bridgehead atoms. The zero-order valence-corrected chi connectivity index (χ0v) is 12.5. The molecule has 2 fully saturated rings. The van der Waals surface area contributed by atoms with Crippen LogP contribution >= 0.6 is 0 Å². The molecule has 2 saturated carbocycles. The van der Waals surface area contributed by atoms with Crippen LogP contribution in [0.3, 0.4) is 0 Å². The second-order valence-corrected chi connectivity index (χ2v) is 6.99. The molecule has 0 heterocycles. The van der Waals surface area contributed by atoms with Crippen molar-refractivity contribution in [2.75, 3.05) is 13.7 Å². The molecule has 0 amide bonds. The Morgan fingerprint density at radius 1 is 1.17 bits per heavy atom. The maximum Gasteiger partial charge on any atom is 0.0622 e. The van der Waals surface area contributed by atoms with Gasteiger partial charge in [-0.1, -0.05) is 25.7 Å². The van der Waals surface area contributed by atoms with Crippen molar-refractivity contribution in [2.24, 2.45) is 11.8 Å². The predicted molar refractivity (Wildman–Crippen MR) is 76.8 cm³/mol. The van der Waals surface area contributed by atoms with Crippen molar-refractivity contribution < 1.29 is 4.74 Å². The third-order valence-electron chi connectivity index (χ3n) is 4.98. The van der Waals surface area contributed by atoms with Gasteiger partial charge in [-0.25, -0.2) is 0 Å². The Hall–Kier alpha value is -0.0800. The van der Waals surface area contributed by atoms with Gasteiger partial charge in [0, 0.05) is 13.2 Å². The normalized spacial score (nSPS) is 23.5. The monoisotopic (exact) mass is 253 g/mol. The Labute approximate surface area is 113 Å². The largest absolute Gasteiger partial charge is 0.379 e. The van der Waals surface area contributed by atoms with Gasteiger partial charge in [0.15, 0.2) is 0 Å². The van der Waals surface area contributed by atoms with Crippen LogP contribution in [0, 0.1) is 11.8 Å². The quantitative estimate of drug-likeness (QED) is 0.711. The van der Waals surface area contributed by atoms with Gasteiger partial charge < -0.3 is 10.1 Å². The molecule has 0 aromatic heterocycles. The van der Waals surface area contributed by atoms with Crippen molar-refractivity contribution in [3.8, 4) is 0 Å². The highest BCUT2D eigenvalue weighted by molar-refractivity contribution is 4.85. The van der Waals surface area contributed by atoms with E-state index in [0.29, 0.717) is 0 Å². The summed E-state index contributed by atoms with van der Waals surface area (Å²) >= 11 is 0. The van der Waals surface area contributed by atoms with E-state index in [1.807, 2.05) is 7.11 Å². The van der Waals surface area contributed by atoms with Gasteiger partial charge in [0.05, 0.1) is 5.60 Å². The second-order valence-electron chi connectivity index (χ2n) is 6.99. The van der Waals surface area contributed by atoms with Crippen molar-refractivity contribution in [1.29, 1.82) is 0 Å². The molecule has 2 rings (SSSR count). The van der Waals surface area contributed by atoms with Crippen LogP contribution in [0.5, 0.6) is 0 Å². The summed E-state index contributed by atoms with van der Waals surface area (Å²) in [5, 5.41) is 3.75. The topological polar surface area (TPSA) is 21.3 Å². The molecule has 0 aromatic carbocycles. The molecule has 0 aliphatic heterocycles. The molecular formula is C16H31NO. The Morgan fingerprint density at radius 3 is 2.39 bits per heavy atom. The maximum atomic E-state index is 5.57. The van der Waals surface area contributed by atoms with Crippen molar-refractivity contribution in [3.63, 3.8) is 0 Å². The van der Waals surface area contributed by atoms with Gasteiger partial charge in [-0.05, 0) is 57.9 Å². The van der Waals surface area contributed by atoms with Crippen molar-refractivity contribution in [3.05, 3.63) is 0 Å². The number of nitrogens with one attached hydrogen (secondary N) is 1. The number of hydrogen-bond donors (Lipinski definition) is 1. The molecule has 1 atom stereocenters. The van der Waals surface area contributed by atoms with E-state index in [2.05, 4.69) is 19.2 Å². The van der Waals surface area contributed by atoms with Gasteiger partial charge in [-0.3, -0.25) is 0 Å². The van der Waals surface area contributed by atoms with Crippen LogP contribution in [0.2, 0.25) is 0 Å². The first kappa shape index (κ1) is 14.3. The van der Waals surface area contributed by atoms with Crippen LogP contribution in [0.15, 0.2) is 0 Å². The molecule has 0 spiro atoms. The zero-order chi connectivity index (χ0) is 13.0. The van der Waals surface area contributed by atoms with E-state index in [-0.39, 0.29) is 5.60 Å². The van der Waals surface area contributed by atoms with E-state index in [1.165, 1.54) is 57.9 Å². The van der Waals surface area contributed by atoms with Crippen LogP contribution in [0.25, 0.3) is 0 Å². The lowest BCUT2D eigenvalue weighted by molar-refractivity contribution is 0.00825. The van der Waals surface area contributed by atoms with E-state index < -0.39 is 0 Å². The second kappa shape index (κ2) is 6.38. The van der Waals surface area contributed by atoms with Crippen LogP contribution in [0.4, 0.5) is 0 Å². The van der Waals surface area contributed by atoms with E-state index in [4.69, 9.17) is 4.74 Å². The van der Waals surface area contributed by atoms with E-state index >= 15 is 0 Å². The average Bonchev–Trinajstić information content (AvgIpc) is 3.02. The predicted octanol–water partition coefficient (Wildman–Crippen LogP) is 3.75. The van der Waals surface area contributed by atoms with Gasteiger partial charge in [-0.2, -0.15) is 0 Å². The first-order chi connectivity index (χ1) is 8.61. The minimum absolute atomic E-state index is 0.0520. The number of ether oxygens (including phenoxy) is 1. The first-order valence-corrected chi connectivity index (χ1v) is 7.89. The molecule has 1 unspecified atom stereocenters. The Morgan fingerprint density at radius 2 is 1.83 bits per heavy atom. The molecule has 106 valence electrons. The molecule has 0 aromatic rings. The van der Waals surface area contributed by atoms with E-state index in [1.54, 1.807) is 0 Å². The Balaban J connectivity index is 1.78. The molecular weight excluding hydrogens is 222 g/mol. The van der Waals surface area contributed by atoms with Crippen molar-refractivity contribution in [1.82, 2.24) is 5.32 Å².